The van der Waals surface area contributed by atoms with E-state index in [2.05, 4.69) is 11.2 Å². The molecule has 0 fully saturated rings. The Morgan fingerprint density at radius 3 is 2.90 bits per heavy atom. The monoisotopic (exact) mass is 157 g/mol. The number of terminal acetylenes is 1. The van der Waals surface area contributed by atoms with Crippen molar-refractivity contribution in [3.05, 3.63) is 0 Å². The average molecular weight is 157 g/mol. The van der Waals surface area contributed by atoms with Crippen LogP contribution in [0.4, 0.5) is 0 Å². The van der Waals surface area contributed by atoms with Crippen LogP contribution in [-0.2, 0) is 4.79 Å². The molecule has 0 aromatic heterocycles. The van der Waals surface area contributed by atoms with Crippen molar-refractivity contribution < 1.29 is 4.79 Å². The van der Waals surface area contributed by atoms with Crippen LogP contribution in [0, 0.1) is 12.3 Å². The third-order valence-electron chi connectivity index (χ3n) is 0.903. The van der Waals surface area contributed by atoms with Gasteiger partial charge in [0.15, 0.2) is 0 Å². The van der Waals surface area contributed by atoms with Gasteiger partial charge in [-0.2, -0.15) is 11.8 Å². The van der Waals surface area contributed by atoms with Crippen molar-refractivity contribution in [1.82, 2.24) is 5.32 Å². The first kappa shape index (κ1) is 9.38. The standard InChI is InChI=1S/C7H11NOS/c1-4-6(2)8-7(9)5-10-3/h1,6H,5H2,2-3H3,(H,8,9). The van der Waals surface area contributed by atoms with Crippen molar-refractivity contribution in [1.29, 1.82) is 0 Å². The quantitative estimate of drug-likeness (QED) is 0.604. The van der Waals surface area contributed by atoms with E-state index in [9.17, 15) is 4.79 Å². The van der Waals surface area contributed by atoms with Gasteiger partial charge in [-0.25, -0.2) is 0 Å². The van der Waals surface area contributed by atoms with Gasteiger partial charge < -0.3 is 5.32 Å². The maximum absolute atomic E-state index is 10.8. The maximum Gasteiger partial charge on any atom is 0.230 e. The number of nitrogens with one attached hydrogen (secondary N) is 1. The van der Waals surface area contributed by atoms with Gasteiger partial charge in [0.25, 0.3) is 0 Å². The fourth-order valence-electron chi connectivity index (χ4n) is 0.456. The Morgan fingerprint density at radius 1 is 1.90 bits per heavy atom. The highest BCUT2D eigenvalue weighted by atomic mass is 32.2. The second-order valence-electron chi connectivity index (χ2n) is 1.89. The van der Waals surface area contributed by atoms with Gasteiger partial charge in [-0.3, -0.25) is 4.79 Å². The normalized spacial score (nSPS) is 11.7. The molecule has 56 valence electrons. The van der Waals surface area contributed by atoms with Crippen LogP contribution >= 0.6 is 11.8 Å². The molecule has 1 N–H and O–H groups in total. The highest BCUT2D eigenvalue weighted by Gasteiger charge is 2.01. The second-order valence-corrected chi connectivity index (χ2v) is 2.75. The summed E-state index contributed by atoms with van der Waals surface area (Å²) in [6.07, 6.45) is 6.92. The van der Waals surface area contributed by atoms with Crippen molar-refractivity contribution in [2.45, 2.75) is 13.0 Å². The summed E-state index contributed by atoms with van der Waals surface area (Å²) in [7, 11) is 0. The molecule has 1 atom stereocenters. The molecule has 1 amide bonds. The molecule has 3 heteroatoms. The van der Waals surface area contributed by atoms with E-state index in [0.717, 1.165) is 0 Å². The molecule has 0 aromatic carbocycles. The van der Waals surface area contributed by atoms with Gasteiger partial charge in [0.1, 0.15) is 0 Å². The van der Waals surface area contributed by atoms with Gasteiger partial charge in [-0.15, -0.1) is 6.42 Å². The molecule has 0 rings (SSSR count). The first-order valence-corrected chi connectivity index (χ1v) is 4.34. The topological polar surface area (TPSA) is 29.1 Å². The molecule has 10 heavy (non-hydrogen) atoms. The summed E-state index contributed by atoms with van der Waals surface area (Å²) in [5.41, 5.74) is 0. The molecule has 0 spiro atoms. The summed E-state index contributed by atoms with van der Waals surface area (Å²) in [5.74, 6) is 2.89. The number of thioether (sulfide) groups is 1. The Balaban J connectivity index is 3.49. The zero-order chi connectivity index (χ0) is 7.98. The number of carbonyl (C=O) groups excluding carboxylic acids is 1. The lowest BCUT2D eigenvalue weighted by Crippen LogP contribution is -2.32. The Hall–Kier alpha value is -0.620. The summed E-state index contributed by atoms with van der Waals surface area (Å²) in [5, 5.41) is 2.63. The predicted octanol–water partition coefficient (Wildman–Crippen LogP) is 0.487. The van der Waals surface area contributed by atoms with E-state index in [0.29, 0.717) is 5.75 Å². The van der Waals surface area contributed by atoms with E-state index in [-0.39, 0.29) is 11.9 Å². The largest absolute Gasteiger partial charge is 0.342 e. The molecule has 0 aliphatic heterocycles. The number of amides is 1. The fourth-order valence-corrected chi connectivity index (χ4v) is 0.801. The third kappa shape index (κ3) is 4.28. The van der Waals surface area contributed by atoms with E-state index in [4.69, 9.17) is 6.42 Å². The van der Waals surface area contributed by atoms with Crippen LogP contribution < -0.4 is 5.32 Å². The lowest BCUT2D eigenvalue weighted by atomic mass is 10.3. The SMILES string of the molecule is C#CC(C)NC(=O)CSC. The van der Waals surface area contributed by atoms with Gasteiger partial charge in [0, 0.05) is 0 Å². The Bertz CT molecular complexity index is 150. The molecule has 1 unspecified atom stereocenters. The fraction of sp³-hybridized carbons (Fsp3) is 0.571. The molecule has 0 aromatic rings. The average Bonchev–Trinajstić information content (AvgIpc) is 1.88. The van der Waals surface area contributed by atoms with Crippen LogP contribution in [0.3, 0.4) is 0 Å². The van der Waals surface area contributed by atoms with Crippen LogP contribution in [0.15, 0.2) is 0 Å². The number of carbonyl (C=O) groups is 1. The van der Waals surface area contributed by atoms with Crippen LogP contribution in [0.5, 0.6) is 0 Å². The van der Waals surface area contributed by atoms with E-state index in [1.54, 1.807) is 6.92 Å². The summed E-state index contributed by atoms with van der Waals surface area (Å²) in [6.45, 7) is 1.78. The molecule has 0 aliphatic carbocycles. The third-order valence-corrected chi connectivity index (χ3v) is 1.45. The minimum absolute atomic E-state index is 0.00190. The number of hydrogen-bond donors (Lipinski definition) is 1. The van der Waals surface area contributed by atoms with Gasteiger partial charge >= 0.3 is 0 Å². The summed E-state index contributed by atoms with van der Waals surface area (Å²) in [6, 6.07) is -0.153. The van der Waals surface area contributed by atoms with E-state index in [1.807, 2.05) is 6.26 Å². The first-order valence-electron chi connectivity index (χ1n) is 2.95. The molecule has 0 bridgehead atoms. The van der Waals surface area contributed by atoms with Crippen LogP contribution in [0.2, 0.25) is 0 Å². The minimum atomic E-state index is -0.153. The zero-order valence-corrected chi connectivity index (χ0v) is 6.99. The highest BCUT2D eigenvalue weighted by Crippen LogP contribution is 1.89. The van der Waals surface area contributed by atoms with E-state index < -0.39 is 0 Å². The maximum atomic E-state index is 10.8. The number of rotatable bonds is 3. The molecule has 0 saturated carbocycles. The van der Waals surface area contributed by atoms with Crippen LogP contribution in [0.25, 0.3) is 0 Å². The summed E-state index contributed by atoms with van der Waals surface area (Å²) >= 11 is 1.48. The number of hydrogen-bond acceptors (Lipinski definition) is 2. The van der Waals surface area contributed by atoms with Crippen LogP contribution in [0.1, 0.15) is 6.92 Å². The van der Waals surface area contributed by atoms with Gasteiger partial charge in [0.05, 0.1) is 11.8 Å². The Kier molecular flexibility index (Phi) is 4.87. The zero-order valence-electron chi connectivity index (χ0n) is 6.18. The van der Waals surface area contributed by atoms with Gasteiger partial charge in [-0.1, -0.05) is 5.92 Å². The Labute approximate surface area is 65.8 Å². The molecule has 2 nitrogen and oxygen atoms in total. The van der Waals surface area contributed by atoms with Gasteiger partial charge in [-0.05, 0) is 13.2 Å². The Morgan fingerprint density at radius 2 is 2.50 bits per heavy atom. The first-order chi connectivity index (χ1) is 4.70. The second kappa shape index (κ2) is 5.19. The smallest absolute Gasteiger partial charge is 0.230 e. The highest BCUT2D eigenvalue weighted by molar-refractivity contribution is 7.99. The molecule has 0 heterocycles. The van der Waals surface area contributed by atoms with Crippen molar-refractivity contribution in [2.75, 3.05) is 12.0 Å². The lowest BCUT2D eigenvalue weighted by Gasteiger charge is -2.05. The van der Waals surface area contributed by atoms with E-state index >= 15 is 0 Å². The minimum Gasteiger partial charge on any atom is -0.342 e. The lowest BCUT2D eigenvalue weighted by molar-refractivity contribution is -0.118. The van der Waals surface area contributed by atoms with Crippen molar-refractivity contribution in [2.24, 2.45) is 0 Å². The summed E-state index contributed by atoms with van der Waals surface area (Å²) < 4.78 is 0. The molecular weight excluding hydrogens is 146 g/mol. The van der Waals surface area contributed by atoms with Crippen LogP contribution in [-0.4, -0.2) is 24.0 Å². The van der Waals surface area contributed by atoms with Crippen molar-refractivity contribution in [3.63, 3.8) is 0 Å². The molecule has 0 radical (unpaired) electrons. The summed E-state index contributed by atoms with van der Waals surface area (Å²) in [4.78, 5) is 10.8. The van der Waals surface area contributed by atoms with E-state index in [1.165, 1.54) is 11.8 Å². The predicted molar refractivity (Wildman–Crippen MR) is 44.8 cm³/mol. The molecule has 0 aliphatic rings. The molecular formula is C7H11NOS. The van der Waals surface area contributed by atoms with Crippen molar-refractivity contribution >= 4 is 17.7 Å². The molecule has 0 saturated heterocycles. The van der Waals surface area contributed by atoms with Gasteiger partial charge in [0.2, 0.25) is 5.91 Å². The van der Waals surface area contributed by atoms with Crippen molar-refractivity contribution in [3.8, 4) is 12.3 Å².